The van der Waals surface area contributed by atoms with Crippen LogP contribution in [0.1, 0.15) is 33.8 Å². The molecule has 2 heterocycles. The normalized spacial score (nSPS) is 12.0. The summed E-state index contributed by atoms with van der Waals surface area (Å²) in [6.45, 7) is 4.45. The molecule has 0 fully saturated rings. The fourth-order valence-corrected chi connectivity index (χ4v) is 3.58. The summed E-state index contributed by atoms with van der Waals surface area (Å²) >= 11 is 7.75. The third-order valence-electron chi connectivity index (χ3n) is 3.89. The van der Waals surface area contributed by atoms with E-state index < -0.39 is 5.82 Å². The molecule has 0 aliphatic rings. The Kier molecular flexibility index (Phi) is 5.58. The van der Waals surface area contributed by atoms with Crippen molar-refractivity contribution in [2.24, 2.45) is 0 Å². The molecule has 1 aromatic carbocycles. The van der Waals surface area contributed by atoms with Crippen molar-refractivity contribution in [1.82, 2.24) is 20.3 Å². The third kappa shape index (κ3) is 4.05. The topological polar surface area (TPSA) is 67.8 Å². The van der Waals surface area contributed by atoms with Crippen LogP contribution in [0, 0.1) is 12.7 Å². The number of halogens is 2. The molecule has 0 saturated carbocycles. The molecule has 8 heteroatoms. The summed E-state index contributed by atoms with van der Waals surface area (Å²) in [5.74, 6) is -0.333. The molecule has 134 valence electrons. The molecule has 26 heavy (non-hydrogen) atoms. The average Bonchev–Trinajstić information content (AvgIpc) is 3.06. The first kappa shape index (κ1) is 18.4. The van der Waals surface area contributed by atoms with E-state index in [0.717, 1.165) is 23.0 Å². The third-order valence-corrected chi connectivity index (χ3v) is 5.38. The highest BCUT2D eigenvalue weighted by molar-refractivity contribution is 7.09. The van der Waals surface area contributed by atoms with E-state index in [0.29, 0.717) is 28.5 Å². The molecule has 0 aliphatic carbocycles. The Morgan fingerprint density at radius 2 is 2.04 bits per heavy atom. The number of carbonyl (C=O) groups is 1. The second-order valence-corrected chi connectivity index (χ2v) is 7.13. The molecule has 0 spiro atoms. The zero-order valence-corrected chi connectivity index (χ0v) is 15.7. The maximum atomic E-state index is 13.0. The highest BCUT2D eigenvalue weighted by Gasteiger charge is 2.16. The quantitative estimate of drug-likeness (QED) is 0.707. The summed E-state index contributed by atoms with van der Waals surface area (Å²) in [5, 5.41) is 3.23. The summed E-state index contributed by atoms with van der Waals surface area (Å²) in [6.07, 6.45) is 2.16. The molecule has 0 unspecified atom stereocenters. The van der Waals surface area contributed by atoms with Gasteiger partial charge in [-0.1, -0.05) is 18.5 Å². The van der Waals surface area contributed by atoms with Gasteiger partial charge in [-0.3, -0.25) is 4.79 Å². The smallest absolute Gasteiger partial charge is 0.252 e. The molecular formula is C18H16ClFN4OS. The largest absolute Gasteiger partial charge is 0.351 e. The van der Waals surface area contributed by atoms with Crippen molar-refractivity contribution >= 4 is 28.8 Å². The molecule has 1 amide bonds. The Labute approximate surface area is 159 Å². The average molecular weight is 391 g/mol. The van der Waals surface area contributed by atoms with Gasteiger partial charge in [-0.15, -0.1) is 11.3 Å². The van der Waals surface area contributed by atoms with Crippen LogP contribution in [0.3, 0.4) is 0 Å². The van der Waals surface area contributed by atoms with Crippen LogP contribution >= 0.6 is 22.9 Å². The van der Waals surface area contributed by atoms with E-state index in [-0.39, 0.29) is 11.8 Å². The van der Waals surface area contributed by atoms with Gasteiger partial charge >= 0.3 is 0 Å². The van der Waals surface area contributed by atoms with Crippen LogP contribution in [0.25, 0.3) is 11.4 Å². The zero-order valence-electron chi connectivity index (χ0n) is 14.2. The van der Waals surface area contributed by atoms with Gasteiger partial charge in [-0.05, 0) is 25.1 Å². The minimum atomic E-state index is -0.520. The molecule has 0 saturated heterocycles. The van der Waals surface area contributed by atoms with Crippen LogP contribution in [-0.2, 0) is 0 Å². The second kappa shape index (κ2) is 7.88. The first-order valence-corrected chi connectivity index (χ1v) is 9.17. The van der Waals surface area contributed by atoms with E-state index in [2.05, 4.69) is 20.3 Å². The van der Waals surface area contributed by atoms with Gasteiger partial charge in [0.1, 0.15) is 0 Å². The van der Waals surface area contributed by atoms with Crippen molar-refractivity contribution in [2.45, 2.75) is 19.8 Å². The predicted octanol–water partition coefficient (Wildman–Crippen LogP) is 4.23. The maximum Gasteiger partial charge on any atom is 0.252 e. The van der Waals surface area contributed by atoms with Gasteiger partial charge < -0.3 is 5.32 Å². The number of hydrogen-bond acceptors (Lipinski definition) is 5. The number of carbonyl (C=O) groups excluding carboxylic acids is 1. The predicted molar refractivity (Wildman–Crippen MR) is 100 cm³/mol. The summed E-state index contributed by atoms with van der Waals surface area (Å²) in [5.41, 5.74) is 3.69. The fourth-order valence-electron chi connectivity index (χ4n) is 2.52. The number of nitrogens with zero attached hydrogens (tertiary/aromatic N) is 3. The van der Waals surface area contributed by atoms with Crippen LogP contribution in [-0.4, -0.2) is 27.4 Å². The lowest BCUT2D eigenvalue weighted by Crippen LogP contribution is -2.27. The molecular weight excluding hydrogens is 375 g/mol. The van der Waals surface area contributed by atoms with Gasteiger partial charge in [0.15, 0.2) is 11.6 Å². The van der Waals surface area contributed by atoms with E-state index in [1.165, 1.54) is 0 Å². The van der Waals surface area contributed by atoms with E-state index in [1.54, 1.807) is 35.0 Å². The Morgan fingerprint density at radius 3 is 2.69 bits per heavy atom. The van der Waals surface area contributed by atoms with Crippen molar-refractivity contribution in [1.29, 1.82) is 0 Å². The number of rotatable bonds is 5. The van der Waals surface area contributed by atoms with Crippen LogP contribution in [0.4, 0.5) is 4.39 Å². The van der Waals surface area contributed by atoms with Gasteiger partial charge in [0, 0.05) is 22.9 Å². The molecule has 5 nitrogen and oxygen atoms in total. The molecule has 1 atom stereocenters. The first-order chi connectivity index (χ1) is 12.5. The van der Waals surface area contributed by atoms with Gasteiger partial charge in [0.25, 0.3) is 5.91 Å². The Morgan fingerprint density at radius 1 is 1.31 bits per heavy atom. The molecule has 2 aromatic heterocycles. The lowest BCUT2D eigenvalue weighted by molar-refractivity contribution is 0.0952. The van der Waals surface area contributed by atoms with E-state index >= 15 is 0 Å². The highest BCUT2D eigenvalue weighted by atomic mass is 35.5. The van der Waals surface area contributed by atoms with Crippen molar-refractivity contribution in [3.63, 3.8) is 0 Å². The van der Waals surface area contributed by atoms with Crippen LogP contribution in [0.15, 0.2) is 36.1 Å². The molecule has 3 aromatic rings. The lowest BCUT2D eigenvalue weighted by atomic mass is 10.1. The number of amides is 1. The second-order valence-electron chi connectivity index (χ2n) is 5.83. The van der Waals surface area contributed by atoms with Crippen molar-refractivity contribution in [3.8, 4) is 11.4 Å². The van der Waals surface area contributed by atoms with Gasteiger partial charge in [-0.25, -0.2) is 19.3 Å². The molecule has 0 radical (unpaired) electrons. The monoisotopic (exact) mass is 390 g/mol. The number of aryl methyl sites for hydroxylation is 1. The number of benzene rings is 1. The fraction of sp³-hybridized carbons (Fsp3) is 0.222. The maximum absolute atomic E-state index is 13.0. The number of nitrogens with one attached hydrogen (secondary N) is 1. The van der Waals surface area contributed by atoms with Crippen molar-refractivity contribution < 1.29 is 9.18 Å². The molecule has 0 aliphatic heterocycles. The zero-order chi connectivity index (χ0) is 18.7. The summed E-state index contributed by atoms with van der Waals surface area (Å²) in [6, 6.07) is 4.90. The highest BCUT2D eigenvalue weighted by Crippen LogP contribution is 2.25. The number of aromatic nitrogens is 3. The number of thiazole rings is 1. The summed E-state index contributed by atoms with van der Waals surface area (Å²) < 4.78 is 13.0. The SMILES string of the molecule is Cc1ncsc1[C@@H](C)CNC(=O)c1cc(-c2ncc(F)cn2)ccc1Cl. The van der Waals surface area contributed by atoms with E-state index in [4.69, 9.17) is 11.6 Å². The van der Waals surface area contributed by atoms with Crippen LogP contribution in [0.5, 0.6) is 0 Å². The summed E-state index contributed by atoms with van der Waals surface area (Å²) in [7, 11) is 0. The lowest BCUT2D eigenvalue weighted by Gasteiger charge is -2.13. The minimum absolute atomic E-state index is 0.147. The Bertz CT molecular complexity index is 929. The molecule has 0 bridgehead atoms. The van der Waals surface area contributed by atoms with Gasteiger partial charge in [0.05, 0.1) is 34.2 Å². The Hall–Kier alpha value is -2.38. The van der Waals surface area contributed by atoms with Gasteiger partial charge in [0.2, 0.25) is 0 Å². The standard InChI is InChI=1S/C18H16ClFN4OS/c1-10(16-11(2)24-9-26-16)6-23-18(25)14-5-12(3-4-15(14)19)17-21-7-13(20)8-22-17/h3-5,7-10H,6H2,1-2H3,(H,23,25)/t10-/m0/s1. The van der Waals surface area contributed by atoms with Crippen LogP contribution in [0.2, 0.25) is 5.02 Å². The van der Waals surface area contributed by atoms with Gasteiger partial charge in [-0.2, -0.15) is 0 Å². The Balaban J connectivity index is 1.75. The van der Waals surface area contributed by atoms with Crippen LogP contribution < -0.4 is 5.32 Å². The van der Waals surface area contributed by atoms with Crippen molar-refractivity contribution in [2.75, 3.05) is 6.54 Å². The van der Waals surface area contributed by atoms with E-state index in [9.17, 15) is 9.18 Å². The summed E-state index contributed by atoms with van der Waals surface area (Å²) in [4.78, 5) is 25.8. The molecule has 3 rings (SSSR count). The first-order valence-electron chi connectivity index (χ1n) is 7.91. The van der Waals surface area contributed by atoms with E-state index in [1.807, 2.05) is 13.8 Å². The minimum Gasteiger partial charge on any atom is -0.351 e. The number of hydrogen-bond donors (Lipinski definition) is 1. The van der Waals surface area contributed by atoms with Crippen molar-refractivity contribution in [3.05, 3.63) is 63.1 Å². The molecule has 1 N–H and O–H groups in total.